The summed E-state index contributed by atoms with van der Waals surface area (Å²) in [4.78, 5) is 12.0. The minimum atomic E-state index is -4.07. The fourth-order valence-electron chi connectivity index (χ4n) is 2.77. The van der Waals surface area contributed by atoms with Gasteiger partial charge in [0.2, 0.25) is 10.0 Å². The molecule has 2 aromatic rings. The van der Waals surface area contributed by atoms with Gasteiger partial charge in [-0.05, 0) is 36.8 Å². The Labute approximate surface area is 160 Å². The summed E-state index contributed by atoms with van der Waals surface area (Å²) in [6, 6.07) is 6.74. The molecular weight excluding hydrogens is 414 g/mol. The fraction of sp³-hybridized carbons (Fsp3) is 0.235. The number of carbonyl (C=O) groups is 1. The summed E-state index contributed by atoms with van der Waals surface area (Å²) in [6.07, 6.45) is 0.167. The van der Waals surface area contributed by atoms with Gasteiger partial charge in [-0.25, -0.2) is 30.3 Å². The van der Waals surface area contributed by atoms with Crippen molar-refractivity contribution in [1.29, 1.82) is 0 Å². The Bertz CT molecular complexity index is 1130. The first-order valence-electron chi connectivity index (χ1n) is 8.15. The first-order valence-corrected chi connectivity index (χ1v) is 11.5. The summed E-state index contributed by atoms with van der Waals surface area (Å²) in [5.41, 5.74) is -0.474. The summed E-state index contributed by atoms with van der Waals surface area (Å²) in [7, 11) is -7.34. The first-order chi connectivity index (χ1) is 13.1. The quantitative estimate of drug-likeness (QED) is 0.750. The smallest absolute Gasteiger partial charge is 0.255 e. The molecule has 0 aliphatic carbocycles. The summed E-state index contributed by atoms with van der Waals surface area (Å²) in [5.74, 6) is -2.80. The number of rotatable bonds is 5. The van der Waals surface area contributed by atoms with E-state index in [-0.39, 0.29) is 34.1 Å². The number of amides is 1. The predicted molar refractivity (Wildman–Crippen MR) is 98.1 cm³/mol. The number of nitrogens with one attached hydrogen (secondary N) is 2. The van der Waals surface area contributed by atoms with Crippen molar-refractivity contribution in [3.63, 3.8) is 0 Å². The third-order valence-electron chi connectivity index (χ3n) is 4.14. The lowest BCUT2D eigenvalue weighted by Crippen LogP contribution is -2.35. The average molecular weight is 430 g/mol. The predicted octanol–water partition coefficient (Wildman–Crippen LogP) is 1.68. The van der Waals surface area contributed by atoms with E-state index >= 15 is 0 Å². The topological polar surface area (TPSA) is 109 Å². The van der Waals surface area contributed by atoms with Crippen LogP contribution in [0.5, 0.6) is 0 Å². The highest BCUT2D eigenvalue weighted by Crippen LogP contribution is 2.19. The fourth-order valence-corrected chi connectivity index (χ4v) is 5.86. The Kier molecular flexibility index (Phi) is 5.50. The second kappa shape index (κ2) is 7.57. The molecule has 7 nitrogen and oxygen atoms in total. The lowest BCUT2D eigenvalue weighted by atomic mass is 10.2. The van der Waals surface area contributed by atoms with Crippen LogP contribution >= 0.6 is 0 Å². The molecule has 1 amide bonds. The Morgan fingerprint density at radius 1 is 1.11 bits per heavy atom. The number of carbonyl (C=O) groups excluding carboxylic acids is 1. The number of hydrogen-bond donors (Lipinski definition) is 2. The number of hydrogen-bond acceptors (Lipinski definition) is 5. The van der Waals surface area contributed by atoms with Crippen LogP contribution in [0, 0.1) is 11.6 Å². The SMILES string of the molecule is O=C(Nc1cc(F)ccc1F)c1cccc(S(=O)(=O)NC2CCS(=O)(=O)C2)c1. The Hall–Kier alpha value is -2.37. The lowest BCUT2D eigenvalue weighted by molar-refractivity contribution is 0.102. The molecule has 2 N–H and O–H groups in total. The van der Waals surface area contributed by atoms with Gasteiger partial charge in [-0.15, -0.1) is 0 Å². The maximum atomic E-state index is 13.7. The van der Waals surface area contributed by atoms with Crippen molar-refractivity contribution in [1.82, 2.24) is 4.72 Å². The van der Waals surface area contributed by atoms with Gasteiger partial charge >= 0.3 is 0 Å². The average Bonchev–Trinajstić information content (AvgIpc) is 2.96. The molecule has 11 heteroatoms. The second-order valence-corrected chi connectivity index (χ2v) is 10.3. The van der Waals surface area contributed by atoms with Crippen molar-refractivity contribution >= 4 is 31.5 Å². The number of sulfone groups is 1. The third kappa shape index (κ3) is 4.72. The van der Waals surface area contributed by atoms with Crippen molar-refractivity contribution in [2.45, 2.75) is 17.4 Å². The number of halogens is 2. The summed E-state index contributed by atoms with van der Waals surface area (Å²) < 4.78 is 77.1. The highest BCUT2D eigenvalue weighted by molar-refractivity contribution is 7.92. The van der Waals surface area contributed by atoms with Crippen LogP contribution in [0.15, 0.2) is 47.4 Å². The van der Waals surface area contributed by atoms with E-state index in [0.717, 1.165) is 24.3 Å². The molecular formula is C17H16F2N2O5S2. The molecule has 1 atom stereocenters. The zero-order valence-electron chi connectivity index (χ0n) is 14.4. The maximum Gasteiger partial charge on any atom is 0.255 e. The monoisotopic (exact) mass is 430 g/mol. The van der Waals surface area contributed by atoms with Crippen LogP contribution in [0.2, 0.25) is 0 Å². The van der Waals surface area contributed by atoms with E-state index < -0.39 is 43.4 Å². The van der Waals surface area contributed by atoms with Gasteiger partial charge in [0, 0.05) is 17.7 Å². The van der Waals surface area contributed by atoms with Crippen LogP contribution in [0.3, 0.4) is 0 Å². The van der Waals surface area contributed by atoms with Gasteiger partial charge in [0.25, 0.3) is 5.91 Å². The second-order valence-electron chi connectivity index (χ2n) is 6.33. The number of sulfonamides is 1. The Morgan fingerprint density at radius 3 is 2.54 bits per heavy atom. The number of anilines is 1. The summed E-state index contributed by atoms with van der Waals surface area (Å²) in [6.45, 7) is 0. The molecule has 1 heterocycles. The minimum absolute atomic E-state index is 0.0921. The molecule has 1 saturated heterocycles. The van der Waals surface area contributed by atoms with Crippen LogP contribution in [0.25, 0.3) is 0 Å². The highest BCUT2D eigenvalue weighted by atomic mass is 32.2. The molecule has 2 aromatic carbocycles. The van der Waals surface area contributed by atoms with Gasteiger partial charge < -0.3 is 5.32 Å². The lowest BCUT2D eigenvalue weighted by Gasteiger charge is -2.12. The molecule has 150 valence electrons. The van der Waals surface area contributed by atoms with Gasteiger partial charge in [-0.1, -0.05) is 6.07 Å². The van der Waals surface area contributed by atoms with Crippen LogP contribution in [-0.4, -0.2) is 40.3 Å². The molecule has 0 spiro atoms. The zero-order valence-corrected chi connectivity index (χ0v) is 16.0. The van der Waals surface area contributed by atoms with Crippen molar-refractivity contribution in [3.8, 4) is 0 Å². The van der Waals surface area contributed by atoms with E-state index in [1.54, 1.807) is 0 Å². The standard InChI is InChI=1S/C17H16F2N2O5S2/c18-12-4-5-15(19)16(9-12)20-17(22)11-2-1-3-14(8-11)28(25,26)21-13-6-7-27(23,24)10-13/h1-5,8-9,13,21H,6-7,10H2,(H,20,22). The van der Waals surface area contributed by atoms with Crippen LogP contribution < -0.4 is 10.0 Å². The largest absolute Gasteiger partial charge is 0.319 e. The summed E-state index contributed by atoms with van der Waals surface area (Å²) in [5, 5.41) is 2.18. The molecule has 0 saturated carbocycles. The first kappa shape index (κ1) is 20.4. The zero-order chi connectivity index (χ0) is 20.5. The third-order valence-corrected chi connectivity index (χ3v) is 7.42. The van der Waals surface area contributed by atoms with Gasteiger partial charge in [-0.2, -0.15) is 0 Å². The van der Waals surface area contributed by atoms with Crippen molar-refractivity contribution in [2.24, 2.45) is 0 Å². The Balaban J connectivity index is 1.79. The Morgan fingerprint density at radius 2 is 1.86 bits per heavy atom. The molecule has 0 radical (unpaired) electrons. The molecule has 0 aromatic heterocycles. The van der Waals surface area contributed by atoms with E-state index in [9.17, 15) is 30.4 Å². The molecule has 1 unspecified atom stereocenters. The van der Waals surface area contributed by atoms with Crippen LogP contribution in [0.1, 0.15) is 16.8 Å². The van der Waals surface area contributed by atoms with Gasteiger partial charge in [0.05, 0.1) is 22.1 Å². The normalized spacial score (nSPS) is 18.7. The van der Waals surface area contributed by atoms with Crippen molar-refractivity contribution in [2.75, 3.05) is 16.8 Å². The highest BCUT2D eigenvalue weighted by Gasteiger charge is 2.31. The van der Waals surface area contributed by atoms with Gasteiger partial charge in [0.1, 0.15) is 11.6 Å². The van der Waals surface area contributed by atoms with Crippen LogP contribution in [0.4, 0.5) is 14.5 Å². The van der Waals surface area contributed by atoms with E-state index in [2.05, 4.69) is 10.0 Å². The minimum Gasteiger partial charge on any atom is -0.319 e. The molecule has 1 fully saturated rings. The van der Waals surface area contributed by atoms with Gasteiger partial charge in [-0.3, -0.25) is 4.79 Å². The maximum absolute atomic E-state index is 13.7. The van der Waals surface area contributed by atoms with Gasteiger partial charge in [0.15, 0.2) is 9.84 Å². The van der Waals surface area contributed by atoms with Crippen LogP contribution in [-0.2, 0) is 19.9 Å². The molecule has 0 bridgehead atoms. The summed E-state index contributed by atoms with van der Waals surface area (Å²) >= 11 is 0. The van der Waals surface area contributed by atoms with E-state index in [1.807, 2.05) is 0 Å². The molecule has 28 heavy (non-hydrogen) atoms. The van der Waals surface area contributed by atoms with E-state index in [1.165, 1.54) is 18.2 Å². The van der Waals surface area contributed by atoms with Crippen molar-refractivity contribution < 1.29 is 30.4 Å². The van der Waals surface area contributed by atoms with Crippen molar-refractivity contribution in [3.05, 3.63) is 59.7 Å². The molecule has 1 aliphatic rings. The number of benzene rings is 2. The molecule has 1 aliphatic heterocycles. The van der Waals surface area contributed by atoms with E-state index in [0.29, 0.717) is 0 Å². The van der Waals surface area contributed by atoms with E-state index in [4.69, 9.17) is 0 Å². The molecule has 3 rings (SSSR count).